The highest BCUT2D eigenvalue weighted by Gasteiger charge is 2.31. The molecule has 1 saturated heterocycles. The van der Waals surface area contributed by atoms with Gasteiger partial charge in [0.25, 0.3) is 0 Å². The Morgan fingerprint density at radius 3 is 2.70 bits per heavy atom. The number of hydrogen-bond acceptors (Lipinski definition) is 6. The molecule has 4 rings (SSSR count). The van der Waals surface area contributed by atoms with Crippen LogP contribution in [0, 0.1) is 5.92 Å². The lowest BCUT2D eigenvalue weighted by Crippen LogP contribution is -2.15. The van der Waals surface area contributed by atoms with Crippen LogP contribution in [0.5, 0.6) is 23.0 Å². The fraction of sp³-hybridized carbons (Fsp3) is 0.286. The largest absolute Gasteiger partial charge is 0.504 e. The van der Waals surface area contributed by atoms with Gasteiger partial charge in [0.1, 0.15) is 13.2 Å². The van der Waals surface area contributed by atoms with Gasteiger partial charge >= 0.3 is 5.97 Å². The van der Waals surface area contributed by atoms with Crippen LogP contribution in [-0.2, 0) is 16.0 Å². The highest BCUT2D eigenvalue weighted by molar-refractivity contribution is 5.96. The van der Waals surface area contributed by atoms with Crippen molar-refractivity contribution >= 4 is 12.0 Å². The van der Waals surface area contributed by atoms with E-state index in [1.54, 1.807) is 24.3 Å². The standard InChI is InChI=1S/C21H20O6/c1-24-18-4-2-14(10-17(18)22)9-16-15(12-27-21(16)23)8-13-3-5-19-20(11-13)26-7-6-25-19/h2-5,9-11,15,22H,6-8,12H2,1H3/t15-/m1/s1. The maximum atomic E-state index is 12.2. The summed E-state index contributed by atoms with van der Waals surface area (Å²) in [6.45, 7) is 1.42. The first-order valence-electron chi connectivity index (χ1n) is 8.78. The Hall–Kier alpha value is -3.15. The molecule has 0 saturated carbocycles. The van der Waals surface area contributed by atoms with Gasteiger partial charge in [0.05, 0.1) is 13.7 Å². The van der Waals surface area contributed by atoms with Crippen LogP contribution < -0.4 is 14.2 Å². The molecule has 140 valence electrons. The number of benzene rings is 2. The van der Waals surface area contributed by atoms with Crippen molar-refractivity contribution in [3.63, 3.8) is 0 Å². The van der Waals surface area contributed by atoms with E-state index in [4.69, 9.17) is 18.9 Å². The van der Waals surface area contributed by atoms with Gasteiger partial charge in [0, 0.05) is 11.5 Å². The summed E-state index contributed by atoms with van der Waals surface area (Å²) in [5.74, 6) is 1.50. The zero-order valence-electron chi connectivity index (χ0n) is 14.9. The molecule has 0 unspecified atom stereocenters. The number of fused-ring (bicyclic) bond motifs is 1. The number of aromatic hydroxyl groups is 1. The molecule has 2 aliphatic heterocycles. The summed E-state index contributed by atoms with van der Waals surface area (Å²) in [5.41, 5.74) is 2.36. The van der Waals surface area contributed by atoms with Gasteiger partial charge in [-0.05, 0) is 47.9 Å². The van der Waals surface area contributed by atoms with Crippen molar-refractivity contribution < 1.29 is 28.8 Å². The minimum atomic E-state index is -0.326. The summed E-state index contributed by atoms with van der Waals surface area (Å²) in [4.78, 5) is 12.2. The maximum absolute atomic E-state index is 12.2. The molecule has 1 N–H and O–H groups in total. The smallest absolute Gasteiger partial charge is 0.334 e. The van der Waals surface area contributed by atoms with E-state index in [0.29, 0.717) is 43.1 Å². The molecule has 0 spiro atoms. The van der Waals surface area contributed by atoms with Crippen molar-refractivity contribution in [1.29, 1.82) is 0 Å². The molecule has 0 bridgehead atoms. The number of ether oxygens (including phenoxy) is 4. The van der Waals surface area contributed by atoms with Crippen molar-refractivity contribution in [3.8, 4) is 23.0 Å². The van der Waals surface area contributed by atoms with Crippen LogP contribution in [0.4, 0.5) is 0 Å². The fourth-order valence-electron chi connectivity index (χ4n) is 3.34. The minimum absolute atomic E-state index is 0.0293. The van der Waals surface area contributed by atoms with Crippen molar-refractivity contribution in [3.05, 3.63) is 53.1 Å². The number of phenols is 1. The third-order valence-corrected chi connectivity index (χ3v) is 4.70. The molecule has 6 nitrogen and oxygen atoms in total. The molecular formula is C21H20O6. The van der Waals surface area contributed by atoms with Gasteiger partial charge in [-0.2, -0.15) is 0 Å². The van der Waals surface area contributed by atoms with Crippen molar-refractivity contribution in [2.24, 2.45) is 5.92 Å². The number of rotatable bonds is 4. The van der Waals surface area contributed by atoms with Crippen LogP contribution in [0.3, 0.4) is 0 Å². The van der Waals surface area contributed by atoms with Gasteiger partial charge in [0.15, 0.2) is 23.0 Å². The third kappa shape index (κ3) is 3.56. The lowest BCUT2D eigenvalue weighted by Gasteiger charge is -2.19. The number of esters is 1. The van der Waals surface area contributed by atoms with E-state index in [2.05, 4.69) is 0 Å². The number of carbonyl (C=O) groups is 1. The average molecular weight is 368 g/mol. The molecule has 2 aromatic rings. The predicted molar refractivity (Wildman–Crippen MR) is 98.2 cm³/mol. The van der Waals surface area contributed by atoms with E-state index in [-0.39, 0.29) is 17.6 Å². The van der Waals surface area contributed by atoms with Gasteiger partial charge in [-0.15, -0.1) is 0 Å². The summed E-state index contributed by atoms with van der Waals surface area (Å²) in [5, 5.41) is 9.95. The molecule has 6 heteroatoms. The normalized spacial score (nSPS) is 19.8. The van der Waals surface area contributed by atoms with Crippen LogP contribution in [0.25, 0.3) is 6.08 Å². The van der Waals surface area contributed by atoms with Crippen LogP contribution in [0.1, 0.15) is 11.1 Å². The molecule has 1 atom stereocenters. The van der Waals surface area contributed by atoms with Gasteiger partial charge in [-0.3, -0.25) is 0 Å². The average Bonchev–Trinajstić information content (AvgIpc) is 3.01. The molecule has 0 radical (unpaired) electrons. The van der Waals surface area contributed by atoms with Gasteiger partial charge in [-0.25, -0.2) is 4.79 Å². The second-order valence-electron chi connectivity index (χ2n) is 6.51. The van der Waals surface area contributed by atoms with E-state index < -0.39 is 0 Å². The fourth-order valence-corrected chi connectivity index (χ4v) is 3.34. The zero-order chi connectivity index (χ0) is 18.8. The van der Waals surface area contributed by atoms with Crippen LogP contribution in [-0.4, -0.2) is 38.0 Å². The summed E-state index contributed by atoms with van der Waals surface area (Å²) in [6.07, 6.45) is 2.41. The molecular weight excluding hydrogens is 348 g/mol. The van der Waals surface area contributed by atoms with Crippen LogP contribution in [0.2, 0.25) is 0 Å². The highest BCUT2D eigenvalue weighted by atomic mass is 16.6. The molecule has 0 amide bonds. The lowest BCUT2D eigenvalue weighted by molar-refractivity contribution is -0.135. The van der Waals surface area contributed by atoms with Gasteiger partial charge < -0.3 is 24.1 Å². The predicted octanol–water partition coefficient (Wildman–Crippen LogP) is 2.97. The first-order valence-corrected chi connectivity index (χ1v) is 8.78. The molecule has 2 heterocycles. The quantitative estimate of drug-likeness (QED) is 0.661. The molecule has 2 aliphatic rings. The maximum Gasteiger partial charge on any atom is 0.334 e. The monoisotopic (exact) mass is 368 g/mol. The highest BCUT2D eigenvalue weighted by Crippen LogP contribution is 2.34. The van der Waals surface area contributed by atoms with E-state index in [1.807, 2.05) is 18.2 Å². The molecule has 27 heavy (non-hydrogen) atoms. The van der Waals surface area contributed by atoms with E-state index in [0.717, 1.165) is 17.1 Å². The Bertz CT molecular complexity index is 902. The number of cyclic esters (lactones) is 1. The third-order valence-electron chi connectivity index (χ3n) is 4.70. The molecule has 1 fully saturated rings. The Morgan fingerprint density at radius 2 is 1.93 bits per heavy atom. The number of phenolic OH excluding ortho intramolecular Hbond substituents is 1. The SMILES string of the molecule is COc1ccc(C=C2C(=O)OC[C@H]2Cc2ccc3c(c2)OCCO3)cc1O. The lowest BCUT2D eigenvalue weighted by atomic mass is 9.92. The molecule has 2 aromatic carbocycles. The van der Waals surface area contributed by atoms with Crippen molar-refractivity contribution in [1.82, 2.24) is 0 Å². The summed E-state index contributed by atoms with van der Waals surface area (Å²) >= 11 is 0. The first-order chi connectivity index (χ1) is 13.1. The van der Waals surface area contributed by atoms with E-state index in [9.17, 15) is 9.90 Å². The second-order valence-corrected chi connectivity index (χ2v) is 6.51. The van der Waals surface area contributed by atoms with Crippen molar-refractivity contribution in [2.45, 2.75) is 6.42 Å². The number of hydrogen-bond donors (Lipinski definition) is 1. The molecule has 0 aliphatic carbocycles. The molecule has 0 aromatic heterocycles. The summed E-state index contributed by atoms with van der Waals surface area (Å²) < 4.78 is 21.5. The Kier molecular flexibility index (Phi) is 4.62. The van der Waals surface area contributed by atoms with Gasteiger partial charge in [0.2, 0.25) is 0 Å². The Balaban J connectivity index is 1.57. The summed E-state index contributed by atoms with van der Waals surface area (Å²) in [7, 11) is 1.49. The number of carbonyl (C=O) groups excluding carboxylic acids is 1. The Labute approximate surface area is 156 Å². The van der Waals surface area contributed by atoms with Crippen LogP contribution in [0.15, 0.2) is 42.0 Å². The van der Waals surface area contributed by atoms with Crippen LogP contribution >= 0.6 is 0 Å². The minimum Gasteiger partial charge on any atom is -0.504 e. The van der Waals surface area contributed by atoms with Gasteiger partial charge in [-0.1, -0.05) is 12.1 Å². The number of methoxy groups -OCH3 is 1. The Morgan fingerprint density at radius 1 is 1.11 bits per heavy atom. The second kappa shape index (κ2) is 7.23. The van der Waals surface area contributed by atoms with E-state index in [1.165, 1.54) is 7.11 Å². The van der Waals surface area contributed by atoms with E-state index >= 15 is 0 Å². The summed E-state index contributed by atoms with van der Waals surface area (Å²) in [6, 6.07) is 10.8. The topological polar surface area (TPSA) is 74.2 Å². The van der Waals surface area contributed by atoms with Crippen molar-refractivity contribution in [2.75, 3.05) is 26.9 Å². The first kappa shape index (κ1) is 17.3. The zero-order valence-corrected chi connectivity index (χ0v) is 14.9.